The Kier molecular flexibility index (Phi) is 8.69. The Morgan fingerprint density at radius 2 is 1.96 bits per heavy atom. The lowest BCUT2D eigenvalue weighted by molar-refractivity contribution is 0.0896. The molecule has 3 N–H and O–H groups in total. The highest BCUT2D eigenvalue weighted by atomic mass is 35.5. The normalized spacial score (nSPS) is 17.0. The van der Waals surface area contributed by atoms with Gasteiger partial charge >= 0.3 is 0 Å². The van der Waals surface area contributed by atoms with Gasteiger partial charge in [-0.05, 0) is 37.1 Å². The third kappa shape index (κ3) is 6.20. The summed E-state index contributed by atoms with van der Waals surface area (Å²) in [6.45, 7) is 2.87. The lowest BCUT2D eigenvalue weighted by Crippen LogP contribution is -2.47. The third-order valence-electron chi connectivity index (χ3n) is 4.11. The van der Waals surface area contributed by atoms with E-state index < -0.39 is 0 Å². The second-order valence-electron chi connectivity index (χ2n) is 6.01. The number of halogens is 2. The summed E-state index contributed by atoms with van der Waals surface area (Å²) in [6.07, 6.45) is 3.61. The smallest absolute Gasteiger partial charge is 0.270 e. The molecule has 1 unspecified atom stereocenters. The van der Waals surface area contributed by atoms with Crippen LogP contribution in [0.3, 0.4) is 0 Å². The molecule has 136 valence electrons. The van der Waals surface area contributed by atoms with Crippen molar-refractivity contribution in [2.75, 3.05) is 18.8 Å². The van der Waals surface area contributed by atoms with Crippen LogP contribution in [-0.2, 0) is 6.54 Å². The standard InChI is InChI=1S/C18H22N4O.2ClH/c19-15-8-9-17(20-11-15)18(23)21-16-7-4-10-22(13-16)12-14-5-2-1-3-6-14;;/h1-3,5-6,8-9,11,16H,4,7,10,12-13,19H2,(H,21,23);2*1H. The lowest BCUT2D eigenvalue weighted by Gasteiger charge is -2.33. The summed E-state index contributed by atoms with van der Waals surface area (Å²) in [6, 6.07) is 14.0. The maximum absolute atomic E-state index is 12.3. The van der Waals surface area contributed by atoms with Crippen molar-refractivity contribution >= 4 is 36.4 Å². The van der Waals surface area contributed by atoms with E-state index in [-0.39, 0.29) is 36.8 Å². The predicted octanol–water partition coefficient (Wildman–Crippen LogP) is 2.90. The number of benzene rings is 1. The Labute approximate surface area is 160 Å². The minimum atomic E-state index is -0.128. The molecular weight excluding hydrogens is 359 g/mol. The number of likely N-dealkylation sites (tertiary alicyclic amines) is 1. The number of amides is 1. The zero-order chi connectivity index (χ0) is 16.1. The Hall–Kier alpha value is -1.82. The summed E-state index contributed by atoms with van der Waals surface area (Å²) in [7, 11) is 0. The van der Waals surface area contributed by atoms with Crippen molar-refractivity contribution in [3.05, 3.63) is 59.9 Å². The maximum atomic E-state index is 12.3. The van der Waals surface area contributed by atoms with Gasteiger partial charge in [0, 0.05) is 19.1 Å². The van der Waals surface area contributed by atoms with E-state index in [4.69, 9.17) is 5.73 Å². The van der Waals surface area contributed by atoms with Crippen LogP contribution in [0, 0.1) is 0 Å². The number of nitrogens with zero attached hydrogens (tertiary/aromatic N) is 2. The van der Waals surface area contributed by atoms with Crippen LogP contribution >= 0.6 is 24.8 Å². The van der Waals surface area contributed by atoms with Crippen molar-refractivity contribution in [2.45, 2.75) is 25.4 Å². The molecule has 1 fully saturated rings. The van der Waals surface area contributed by atoms with Gasteiger partial charge in [0.1, 0.15) is 5.69 Å². The number of aromatic nitrogens is 1. The van der Waals surface area contributed by atoms with Crippen LogP contribution in [0.2, 0.25) is 0 Å². The fourth-order valence-electron chi connectivity index (χ4n) is 2.96. The van der Waals surface area contributed by atoms with E-state index in [0.717, 1.165) is 32.5 Å². The monoisotopic (exact) mass is 382 g/mol. The van der Waals surface area contributed by atoms with Gasteiger partial charge in [-0.2, -0.15) is 0 Å². The largest absolute Gasteiger partial charge is 0.397 e. The van der Waals surface area contributed by atoms with Gasteiger partial charge in [0.2, 0.25) is 0 Å². The van der Waals surface area contributed by atoms with Crippen molar-refractivity contribution in [3.63, 3.8) is 0 Å². The van der Waals surface area contributed by atoms with E-state index in [1.165, 1.54) is 11.8 Å². The molecule has 0 radical (unpaired) electrons. The zero-order valence-corrected chi connectivity index (χ0v) is 15.6. The minimum absolute atomic E-state index is 0. The van der Waals surface area contributed by atoms with Gasteiger partial charge in [0.15, 0.2) is 0 Å². The number of hydrogen-bond donors (Lipinski definition) is 2. The summed E-state index contributed by atoms with van der Waals surface area (Å²) < 4.78 is 0. The fraction of sp³-hybridized carbons (Fsp3) is 0.333. The molecule has 1 amide bonds. The number of nitrogen functional groups attached to an aromatic ring is 1. The van der Waals surface area contributed by atoms with Crippen LogP contribution in [0.5, 0.6) is 0 Å². The highest BCUT2D eigenvalue weighted by Crippen LogP contribution is 2.14. The second-order valence-corrected chi connectivity index (χ2v) is 6.01. The maximum Gasteiger partial charge on any atom is 0.270 e. The van der Waals surface area contributed by atoms with Gasteiger partial charge in [-0.25, -0.2) is 4.98 Å². The molecule has 0 bridgehead atoms. The van der Waals surface area contributed by atoms with E-state index in [2.05, 4.69) is 39.5 Å². The van der Waals surface area contributed by atoms with Gasteiger partial charge in [-0.3, -0.25) is 9.69 Å². The van der Waals surface area contributed by atoms with E-state index in [1.807, 2.05) is 6.07 Å². The first kappa shape index (κ1) is 21.2. The molecule has 0 spiro atoms. The fourth-order valence-corrected chi connectivity index (χ4v) is 2.96. The number of nitrogens with two attached hydrogens (primary N) is 1. The Morgan fingerprint density at radius 1 is 1.20 bits per heavy atom. The topological polar surface area (TPSA) is 71.2 Å². The highest BCUT2D eigenvalue weighted by Gasteiger charge is 2.22. The number of anilines is 1. The quantitative estimate of drug-likeness (QED) is 0.852. The van der Waals surface area contributed by atoms with Crippen LogP contribution in [0.25, 0.3) is 0 Å². The average Bonchev–Trinajstić information content (AvgIpc) is 2.57. The molecule has 1 atom stereocenters. The summed E-state index contributed by atoms with van der Waals surface area (Å²) in [5.74, 6) is -0.128. The average molecular weight is 383 g/mol. The molecule has 5 nitrogen and oxygen atoms in total. The van der Waals surface area contributed by atoms with Crippen LogP contribution in [0.1, 0.15) is 28.9 Å². The predicted molar refractivity (Wildman–Crippen MR) is 105 cm³/mol. The first-order valence-electron chi connectivity index (χ1n) is 7.99. The van der Waals surface area contributed by atoms with Crippen LogP contribution in [-0.4, -0.2) is 34.9 Å². The molecule has 1 aliphatic rings. The lowest BCUT2D eigenvalue weighted by atomic mass is 10.0. The summed E-state index contributed by atoms with van der Waals surface area (Å²) >= 11 is 0. The molecule has 1 aromatic heterocycles. The molecule has 25 heavy (non-hydrogen) atoms. The number of rotatable bonds is 4. The Bertz CT molecular complexity index is 652. The number of carbonyl (C=O) groups is 1. The number of nitrogens with one attached hydrogen (secondary N) is 1. The second kappa shape index (κ2) is 10.2. The van der Waals surface area contributed by atoms with Gasteiger partial charge in [0.25, 0.3) is 5.91 Å². The highest BCUT2D eigenvalue weighted by molar-refractivity contribution is 5.92. The number of piperidine rings is 1. The van der Waals surface area contributed by atoms with Crippen molar-refractivity contribution in [3.8, 4) is 0 Å². The molecular formula is C18H24Cl2N4O. The van der Waals surface area contributed by atoms with Gasteiger partial charge in [0.05, 0.1) is 11.9 Å². The number of pyridine rings is 1. The van der Waals surface area contributed by atoms with Gasteiger partial charge < -0.3 is 11.1 Å². The molecule has 0 aliphatic carbocycles. The molecule has 1 aromatic carbocycles. The molecule has 0 saturated carbocycles. The molecule has 2 heterocycles. The molecule has 1 aliphatic heterocycles. The number of hydrogen-bond acceptors (Lipinski definition) is 4. The van der Waals surface area contributed by atoms with Gasteiger partial charge in [-0.1, -0.05) is 30.3 Å². The van der Waals surface area contributed by atoms with Crippen LogP contribution < -0.4 is 11.1 Å². The van der Waals surface area contributed by atoms with Crippen molar-refractivity contribution in [2.24, 2.45) is 0 Å². The molecule has 7 heteroatoms. The SMILES string of the molecule is Cl.Cl.Nc1ccc(C(=O)NC2CCCN(Cc3ccccc3)C2)nc1. The van der Waals surface area contributed by atoms with Crippen molar-refractivity contribution < 1.29 is 4.79 Å². The Morgan fingerprint density at radius 3 is 2.64 bits per heavy atom. The zero-order valence-electron chi connectivity index (χ0n) is 13.9. The van der Waals surface area contributed by atoms with Crippen LogP contribution in [0.15, 0.2) is 48.7 Å². The van der Waals surface area contributed by atoms with E-state index in [0.29, 0.717) is 11.4 Å². The van der Waals surface area contributed by atoms with Crippen LogP contribution in [0.4, 0.5) is 5.69 Å². The van der Waals surface area contributed by atoms with E-state index in [9.17, 15) is 4.79 Å². The molecule has 1 saturated heterocycles. The minimum Gasteiger partial charge on any atom is -0.397 e. The van der Waals surface area contributed by atoms with E-state index in [1.54, 1.807) is 12.1 Å². The molecule has 2 aromatic rings. The first-order chi connectivity index (χ1) is 11.2. The first-order valence-corrected chi connectivity index (χ1v) is 7.99. The summed E-state index contributed by atoms with van der Waals surface area (Å²) in [5.41, 5.74) is 7.89. The third-order valence-corrected chi connectivity index (χ3v) is 4.11. The summed E-state index contributed by atoms with van der Waals surface area (Å²) in [4.78, 5) is 18.7. The number of carbonyl (C=O) groups excluding carboxylic acids is 1. The van der Waals surface area contributed by atoms with Crippen molar-refractivity contribution in [1.29, 1.82) is 0 Å². The summed E-state index contributed by atoms with van der Waals surface area (Å²) in [5, 5.41) is 3.09. The van der Waals surface area contributed by atoms with Crippen molar-refractivity contribution in [1.82, 2.24) is 15.2 Å². The molecule has 3 rings (SSSR count). The van der Waals surface area contributed by atoms with E-state index >= 15 is 0 Å². The Balaban J connectivity index is 0.00000156. The van der Waals surface area contributed by atoms with Gasteiger partial charge in [-0.15, -0.1) is 24.8 Å².